The van der Waals surface area contributed by atoms with Crippen LogP contribution in [0.4, 0.5) is 5.69 Å². The number of benzene rings is 1. The van der Waals surface area contributed by atoms with Crippen LogP contribution in [-0.2, 0) is 18.3 Å². The van der Waals surface area contributed by atoms with Crippen LogP contribution in [0.1, 0.15) is 28.9 Å². The Morgan fingerprint density at radius 2 is 2.04 bits per heavy atom. The summed E-state index contributed by atoms with van der Waals surface area (Å²) in [5.74, 6) is 0.496. The highest BCUT2D eigenvalue weighted by Gasteiger charge is 2.13. The average Bonchev–Trinajstić information content (AvgIpc) is 2.73. The molecule has 2 rings (SSSR count). The Balaban J connectivity index is 2.07. The van der Waals surface area contributed by atoms with Gasteiger partial charge in [0.2, 0.25) is 5.91 Å². The minimum atomic E-state index is -0.0623. The second-order valence-corrected chi connectivity index (χ2v) is 6.03. The summed E-state index contributed by atoms with van der Waals surface area (Å²) in [5.41, 5.74) is 4.72. The Morgan fingerprint density at radius 3 is 2.61 bits per heavy atom. The molecule has 0 fully saturated rings. The minimum Gasteiger partial charge on any atom is -0.495 e. The fraction of sp³-hybridized carbons (Fsp3) is 0.412. The molecule has 0 saturated carbocycles. The number of nitrogens with zero attached hydrogens (tertiary/aromatic N) is 2. The summed E-state index contributed by atoms with van der Waals surface area (Å²) in [6.07, 6.45) is 1.05. The van der Waals surface area contributed by atoms with Gasteiger partial charge in [-0.05, 0) is 44.4 Å². The number of carbonyl (C=O) groups excluding carboxylic acids is 1. The van der Waals surface area contributed by atoms with Crippen molar-refractivity contribution >= 4 is 23.2 Å². The number of ether oxygens (including phenoxy) is 1. The van der Waals surface area contributed by atoms with Gasteiger partial charge >= 0.3 is 0 Å². The molecule has 2 aromatic rings. The van der Waals surface area contributed by atoms with Crippen molar-refractivity contribution in [3.8, 4) is 5.75 Å². The average molecular weight is 336 g/mol. The zero-order chi connectivity index (χ0) is 17.1. The van der Waals surface area contributed by atoms with Gasteiger partial charge in [-0.15, -0.1) is 0 Å². The molecular formula is C17H22ClN3O2. The first-order valence-electron chi connectivity index (χ1n) is 7.46. The normalized spacial score (nSPS) is 10.7. The first-order valence-corrected chi connectivity index (χ1v) is 7.84. The molecule has 1 N–H and O–H groups in total. The monoisotopic (exact) mass is 335 g/mol. The third-order valence-corrected chi connectivity index (χ3v) is 4.42. The summed E-state index contributed by atoms with van der Waals surface area (Å²) in [7, 11) is 3.46. The predicted octanol–water partition coefficient (Wildman–Crippen LogP) is 3.58. The van der Waals surface area contributed by atoms with Crippen molar-refractivity contribution in [1.29, 1.82) is 0 Å². The van der Waals surface area contributed by atoms with Gasteiger partial charge < -0.3 is 10.1 Å². The Kier molecular flexibility index (Phi) is 5.31. The van der Waals surface area contributed by atoms with E-state index in [9.17, 15) is 4.79 Å². The van der Waals surface area contributed by atoms with E-state index in [4.69, 9.17) is 16.3 Å². The second kappa shape index (κ2) is 7.04. The van der Waals surface area contributed by atoms with Crippen molar-refractivity contribution in [3.05, 3.63) is 39.7 Å². The van der Waals surface area contributed by atoms with Crippen molar-refractivity contribution in [2.24, 2.45) is 7.05 Å². The molecule has 0 bridgehead atoms. The second-order valence-electron chi connectivity index (χ2n) is 5.62. The Labute approximate surface area is 141 Å². The maximum atomic E-state index is 12.3. The van der Waals surface area contributed by atoms with E-state index in [0.29, 0.717) is 29.3 Å². The van der Waals surface area contributed by atoms with Crippen LogP contribution in [0.3, 0.4) is 0 Å². The number of carbonyl (C=O) groups is 1. The molecule has 5 nitrogen and oxygen atoms in total. The molecule has 0 saturated heterocycles. The molecule has 0 aliphatic carbocycles. The van der Waals surface area contributed by atoms with Gasteiger partial charge in [-0.1, -0.05) is 11.6 Å². The highest BCUT2D eigenvalue weighted by Crippen LogP contribution is 2.31. The highest BCUT2D eigenvalue weighted by atomic mass is 35.5. The van der Waals surface area contributed by atoms with Crippen LogP contribution < -0.4 is 10.1 Å². The van der Waals surface area contributed by atoms with Gasteiger partial charge in [-0.2, -0.15) is 5.10 Å². The Morgan fingerprint density at radius 1 is 1.35 bits per heavy atom. The number of halogens is 1. The first kappa shape index (κ1) is 17.3. The standard InChI is InChI=1S/C17H22ClN3O2/c1-10-8-15(16(23-5)9-14(10)18)19-17(22)7-6-13-11(2)20-21(4)12(13)3/h8-9H,6-7H2,1-5H3,(H,19,22). The fourth-order valence-corrected chi connectivity index (χ4v) is 2.71. The van der Waals surface area contributed by atoms with Gasteiger partial charge in [0.1, 0.15) is 5.75 Å². The molecule has 23 heavy (non-hydrogen) atoms. The molecule has 0 atom stereocenters. The lowest BCUT2D eigenvalue weighted by atomic mass is 10.1. The van der Waals surface area contributed by atoms with Gasteiger partial charge in [0.05, 0.1) is 18.5 Å². The maximum Gasteiger partial charge on any atom is 0.224 e. The third-order valence-electron chi connectivity index (χ3n) is 4.02. The molecule has 0 aliphatic heterocycles. The molecule has 1 aromatic heterocycles. The number of hydrogen-bond donors (Lipinski definition) is 1. The van der Waals surface area contributed by atoms with Crippen molar-refractivity contribution in [1.82, 2.24) is 9.78 Å². The quantitative estimate of drug-likeness (QED) is 0.908. The predicted molar refractivity (Wildman–Crippen MR) is 92.4 cm³/mol. The topological polar surface area (TPSA) is 56.1 Å². The molecule has 1 heterocycles. The van der Waals surface area contributed by atoms with Crippen LogP contribution in [0.2, 0.25) is 5.02 Å². The molecule has 6 heteroatoms. The van der Waals surface area contributed by atoms with E-state index in [2.05, 4.69) is 10.4 Å². The number of hydrogen-bond acceptors (Lipinski definition) is 3. The number of anilines is 1. The van der Waals surface area contributed by atoms with Crippen LogP contribution in [0.5, 0.6) is 5.75 Å². The molecule has 0 unspecified atom stereocenters. The van der Waals surface area contributed by atoms with E-state index in [1.807, 2.05) is 38.6 Å². The molecular weight excluding hydrogens is 314 g/mol. The van der Waals surface area contributed by atoms with Crippen LogP contribution in [0.25, 0.3) is 0 Å². The number of rotatable bonds is 5. The van der Waals surface area contributed by atoms with Gasteiger partial charge in [0.15, 0.2) is 0 Å². The van der Waals surface area contributed by atoms with E-state index >= 15 is 0 Å². The lowest BCUT2D eigenvalue weighted by molar-refractivity contribution is -0.116. The third kappa shape index (κ3) is 3.85. The van der Waals surface area contributed by atoms with E-state index in [1.54, 1.807) is 13.2 Å². The molecule has 1 amide bonds. The van der Waals surface area contributed by atoms with Gasteiger partial charge in [-0.25, -0.2) is 0 Å². The maximum absolute atomic E-state index is 12.3. The Bertz CT molecular complexity index is 738. The molecule has 124 valence electrons. The van der Waals surface area contributed by atoms with Crippen molar-refractivity contribution in [2.75, 3.05) is 12.4 Å². The van der Waals surface area contributed by atoms with E-state index in [-0.39, 0.29) is 5.91 Å². The van der Waals surface area contributed by atoms with E-state index in [1.165, 1.54) is 0 Å². The number of aromatic nitrogens is 2. The summed E-state index contributed by atoms with van der Waals surface area (Å²) in [5, 5.41) is 7.88. The van der Waals surface area contributed by atoms with Gasteiger partial charge in [-0.3, -0.25) is 9.48 Å². The number of amides is 1. The highest BCUT2D eigenvalue weighted by molar-refractivity contribution is 6.31. The van der Waals surface area contributed by atoms with Crippen LogP contribution >= 0.6 is 11.6 Å². The van der Waals surface area contributed by atoms with Crippen molar-refractivity contribution < 1.29 is 9.53 Å². The van der Waals surface area contributed by atoms with Crippen LogP contribution in [0.15, 0.2) is 12.1 Å². The minimum absolute atomic E-state index is 0.0623. The van der Waals surface area contributed by atoms with E-state index < -0.39 is 0 Å². The largest absolute Gasteiger partial charge is 0.495 e. The smallest absolute Gasteiger partial charge is 0.224 e. The summed E-state index contributed by atoms with van der Waals surface area (Å²) < 4.78 is 7.12. The SMILES string of the molecule is COc1cc(Cl)c(C)cc1NC(=O)CCc1c(C)nn(C)c1C. The van der Waals surface area contributed by atoms with Gasteiger partial charge in [0, 0.05) is 30.3 Å². The number of aryl methyl sites for hydroxylation is 3. The van der Waals surface area contributed by atoms with Crippen molar-refractivity contribution in [2.45, 2.75) is 33.6 Å². The molecule has 0 spiro atoms. The summed E-state index contributed by atoms with van der Waals surface area (Å²) in [6.45, 7) is 5.87. The summed E-state index contributed by atoms with van der Waals surface area (Å²) >= 11 is 6.08. The summed E-state index contributed by atoms with van der Waals surface area (Å²) in [6, 6.07) is 3.53. The van der Waals surface area contributed by atoms with Crippen LogP contribution in [0, 0.1) is 20.8 Å². The van der Waals surface area contributed by atoms with Crippen LogP contribution in [-0.4, -0.2) is 22.8 Å². The number of methoxy groups -OCH3 is 1. The van der Waals surface area contributed by atoms with Crippen molar-refractivity contribution in [3.63, 3.8) is 0 Å². The molecule has 0 radical (unpaired) electrons. The van der Waals surface area contributed by atoms with Gasteiger partial charge in [0.25, 0.3) is 0 Å². The molecule has 0 aliphatic rings. The lowest BCUT2D eigenvalue weighted by Gasteiger charge is -2.12. The Hall–Kier alpha value is -2.01. The first-order chi connectivity index (χ1) is 10.8. The fourth-order valence-electron chi connectivity index (χ4n) is 2.56. The zero-order valence-electron chi connectivity index (χ0n) is 14.2. The molecule has 1 aromatic carbocycles. The van der Waals surface area contributed by atoms with E-state index in [0.717, 1.165) is 22.5 Å². The lowest BCUT2D eigenvalue weighted by Crippen LogP contribution is -2.13. The number of nitrogens with one attached hydrogen (secondary N) is 1. The zero-order valence-corrected chi connectivity index (χ0v) is 14.9. The summed E-state index contributed by atoms with van der Waals surface area (Å²) in [4.78, 5) is 12.3.